The van der Waals surface area contributed by atoms with Crippen molar-refractivity contribution < 1.29 is 22.7 Å². The number of hydrogen-bond acceptors (Lipinski definition) is 3. The first-order valence-electron chi connectivity index (χ1n) is 5.08. The van der Waals surface area contributed by atoms with Crippen molar-refractivity contribution in [2.45, 2.75) is 6.36 Å². The topological polar surface area (TPSA) is 41.6 Å². The van der Waals surface area contributed by atoms with E-state index in [1.54, 1.807) is 14.1 Å². The number of hydrogen-bond donors (Lipinski definition) is 1. The molecule has 0 spiro atoms. The number of benzene rings is 1. The number of rotatable bonds is 4. The first-order chi connectivity index (χ1) is 8.28. The molecule has 0 saturated heterocycles. The number of alkyl halides is 3. The minimum Gasteiger partial charge on any atom is -0.406 e. The maximum Gasteiger partial charge on any atom is 0.573 e. The van der Waals surface area contributed by atoms with Crippen molar-refractivity contribution in [1.29, 1.82) is 0 Å². The Bertz CT molecular complexity index is 402. The largest absolute Gasteiger partial charge is 0.573 e. The van der Waals surface area contributed by atoms with E-state index in [0.29, 0.717) is 5.69 Å². The summed E-state index contributed by atoms with van der Waals surface area (Å²) in [5.74, 6) is -0.433. The summed E-state index contributed by atoms with van der Waals surface area (Å²) in [6.07, 6.45) is -4.70. The molecule has 0 unspecified atom stereocenters. The van der Waals surface area contributed by atoms with Gasteiger partial charge in [0, 0.05) is 19.8 Å². The van der Waals surface area contributed by atoms with Gasteiger partial charge >= 0.3 is 6.36 Å². The van der Waals surface area contributed by atoms with Gasteiger partial charge in [-0.05, 0) is 24.3 Å². The van der Waals surface area contributed by atoms with Crippen LogP contribution >= 0.6 is 0 Å². The molecule has 1 rings (SSSR count). The molecule has 1 N–H and O–H groups in total. The maximum atomic E-state index is 11.9. The summed E-state index contributed by atoms with van der Waals surface area (Å²) in [6.45, 7) is 0.0759. The SMILES string of the molecule is CN(C)C(=O)CNc1ccc(OC(F)(F)F)cc1. The molecule has 0 radical (unpaired) electrons. The summed E-state index contributed by atoms with van der Waals surface area (Å²) in [4.78, 5) is 12.7. The molecule has 0 atom stereocenters. The summed E-state index contributed by atoms with van der Waals surface area (Å²) < 4.78 is 39.4. The van der Waals surface area contributed by atoms with Gasteiger partial charge in [0.25, 0.3) is 0 Å². The van der Waals surface area contributed by atoms with Gasteiger partial charge in [0.2, 0.25) is 5.91 Å². The van der Waals surface area contributed by atoms with E-state index >= 15 is 0 Å². The van der Waals surface area contributed by atoms with E-state index in [4.69, 9.17) is 0 Å². The summed E-state index contributed by atoms with van der Waals surface area (Å²) in [5, 5.41) is 2.79. The Morgan fingerprint density at radius 3 is 2.28 bits per heavy atom. The number of carbonyl (C=O) groups excluding carboxylic acids is 1. The Morgan fingerprint density at radius 1 is 1.28 bits per heavy atom. The first-order valence-corrected chi connectivity index (χ1v) is 5.08. The molecule has 18 heavy (non-hydrogen) atoms. The molecule has 1 aromatic carbocycles. The van der Waals surface area contributed by atoms with Crippen LogP contribution in [0.25, 0.3) is 0 Å². The van der Waals surface area contributed by atoms with Crippen molar-refractivity contribution in [1.82, 2.24) is 4.90 Å². The predicted octanol–water partition coefficient (Wildman–Crippen LogP) is 2.09. The lowest BCUT2D eigenvalue weighted by atomic mass is 10.3. The molecule has 1 amide bonds. The average molecular weight is 262 g/mol. The van der Waals surface area contributed by atoms with Gasteiger partial charge in [-0.1, -0.05) is 0 Å². The van der Waals surface area contributed by atoms with Crippen LogP contribution in [0.15, 0.2) is 24.3 Å². The molecule has 0 saturated carbocycles. The highest BCUT2D eigenvalue weighted by molar-refractivity contribution is 5.80. The van der Waals surface area contributed by atoms with Crippen molar-refractivity contribution in [3.63, 3.8) is 0 Å². The number of nitrogens with one attached hydrogen (secondary N) is 1. The Hall–Kier alpha value is -1.92. The molecular formula is C11H13F3N2O2. The number of amides is 1. The fraction of sp³-hybridized carbons (Fsp3) is 0.364. The number of carbonyl (C=O) groups is 1. The highest BCUT2D eigenvalue weighted by Crippen LogP contribution is 2.23. The van der Waals surface area contributed by atoms with Gasteiger partial charge in [0.1, 0.15) is 5.75 Å². The van der Waals surface area contributed by atoms with Crippen LogP contribution in [0.2, 0.25) is 0 Å². The van der Waals surface area contributed by atoms with Gasteiger partial charge < -0.3 is 15.0 Å². The Morgan fingerprint density at radius 2 is 1.83 bits per heavy atom. The van der Waals surface area contributed by atoms with Gasteiger partial charge in [0.15, 0.2) is 0 Å². The van der Waals surface area contributed by atoms with Crippen molar-refractivity contribution in [2.75, 3.05) is 26.0 Å². The minimum atomic E-state index is -4.70. The van der Waals surface area contributed by atoms with E-state index in [1.807, 2.05) is 0 Å². The number of ether oxygens (including phenoxy) is 1. The standard InChI is InChI=1S/C11H13F3N2O2/c1-16(2)10(17)7-15-8-3-5-9(6-4-8)18-11(12,13)14/h3-6,15H,7H2,1-2H3. The highest BCUT2D eigenvalue weighted by Gasteiger charge is 2.30. The summed E-state index contributed by atoms with van der Waals surface area (Å²) in [6, 6.07) is 5.17. The van der Waals surface area contributed by atoms with Crippen LogP contribution in [0.5, 0.6) is 5.75 Å². The zero-order valence-corrected chi connectivity index (χ0v) is 9.91. The van der Waals surface area contributed by atoms with E-state index in [2.05, 4.69) is 10.1 Å². The number of nitrogens with zero attached hydrogens (tertiary/aromatic N) is 1. The van der Waals surface area contributed by atoms with Crippen LogP contribution in [0, 0.1) is 0 Å². The minimum absolute atomic E-state index is 0.0759. The second kappa shape index (κ2) is 5.61. The molecule has 0 aliphatic carbocycles. The monoisotopic (exact) mass is 262 g/mol. The Balaban J connectivity index is 2.53. The van der Waals surface area contributed by atoms with Crippen LogP contribution in [0.4, 0.5) is 18.9 Å². The second-order valence-corrected chi connectivity index (χ2v) is 3.71. The summed E-state index contributed by atoms with van der Waals surface area (Å²) in [5.41, 5.74) is 0.541. The molecule has 4 nitrogen and oxygen atoms in total. The zero-order chi connectivity index (χ0) is 13.8. The molecule has 0 aromatic heterocycles. The van der Waals surface area contributed by atoms with Crippen LogP contribution in [-0.4, -0.2) is 37.8 Å². The van der Waals surface area contributed by atoms with Gasteiger partial charge in [-0.15, -0.1) is 13.2 Å². The van der Waals surface area contributed by atoms with Crippen molar-refractivity contribution in [2.24, 2.45) is 0 Å². The van der Waals surface area contributed by atoms with Gasteiger partial charge in [-0.2, -0.15) is 0 Å². The highest BCUT2D eigenvalue weighted by atomic mass is 19.4. The summed E-state index contributed by atoms with van der Waals surface area (Å²) in [7, 11) is 3.23. The molecule has 100 valence electrons. The first kappa shape index (κ1) is 14.1. The van der Waals surface area contributed by atoms with E-state index < -0.39 is 6.36 Å². The normalized spacial score (nSPS) is 10.9. The average Bonchev–Trinajstić information content (AvgIpc) is 2.25. The number of anilines is 1. The fourth-order valence-electron chi connectivity index (χ4n) is 1.11. The van der Waals surface area contributed by atoms with Crippen molar-refractivity contribution in [3.05, 3.63) is 24.3 Å². The number of likely N-dealkylation sites (N-methyl/N-ethyl adjacent to an activating group) is 1. The lowest BCUT2D eigenvalue weighted by molar-refractivity contribution is -0.274. The fourth-order valence-corrected chi connectivity index (χ4v) is 1.11. The lowest BCUT2D eigenvalue weighted by Crippen LogP contribution is -2.28. The zero-order valence-electron chi connectivity index (χ0n) is 9.91. The third-order valence-corrected chi connectivity index (χ3v) is 2.03. The van der Waals surface area contributed by atoms with E-state index in [0.717, 1.165) is 0 Å². The van der Waals surface area contributed by atoms with Gasteiger partial charge in [-0.25, -0.2) is 0 Å². The third kappa shape index (κ3) is 4.94. The van der Waals surface area contributed by atoms with Crippen molar-refractivity contribution >= 4 is 11.6 Å². The second-order valence-electron chi connectivity index (χ2n) is 3.71. The lowest BCUT2D eigenvalue weighted by Gasteiger charge is -2.12. The molecule has 1 aromatic rings. The molecule has 0 bridgehead atoms. The number of halogens is 3. The molecule has 0 aliphatic heterocycles. The smallest absolute Gasteiger partial charge is 0.406 e. The quantitative estimate of drug-likeness (QED) is 0.903. The molecular weight excluding hydrogens is 249 g/mol. The van der Waals surface area contributed by atoms with Crippen LogP contribution in [0.3, 0.4) is 0 Å². The van der Waals surface area contributed by atoms with Crippen LogP contribution in [0.1, 0.15) is 0 Å². The molecule has 0 heterocycles. The third-order valence-electron chi connectivity index (χ3n) is 2.03. The molecule has 0 fully saturated rings. The van der Waals surface area contributed by atoms with Crippen LogP contribution in [-0.2, 0) is 4.79 Å². The van der Waals surface area contributed by atoms with Gasteiger partial charge in [0.05, 0.1) is 6.54 Å². The van der Waals surface area contributed by atoms with Gasteiger partial charge in [-0.3, -0.25) is 4.79 Å². The van der Waals surface area contributed by atoms with Crippen molar-refractivity contribution in [3.8, 4) is 5.75 Å². The summed E-state index contributed by atoms with van der Waals surface area (Å²) >= 11 is 0. The van der Waals surface area contributed by atoms with E-state index in [-0.39, 0.29) is 18.2 Å². The van der Waals surface area contributed by atoms with E-state index in [1.165, 1.54) is 29.2 Å². The van der Waals surface area contributed by atoms with Crippen LogP contribution < -0.4 is 10.1 Å². The maximum absolute atomic E-state index is 11.9. The Labute approximate surface area is 102 Å². The molecule has 0 aliphatic rings. The predicted molar refractivity (Wildman–Crippen MR) is 60.3 cm³/mol. The molecule has 7 heteroatoms. The Kier molecular flexibility index (Phi) is 4.41. The van der Waals surface area contributed by atoms with E-state index in [9.17, 15) is 18.0 Å².